The van der Waals surface area contributed by atoms with Gasteiger partial charge in [-0.25, -0.2) is 17.2 Å². The van der Waals surface area contributed by atoms with E-state index in [0.717, 1.165) is 43.0 Å². The van der Waals surface area contributed by atoms with Crippen LogP contribution < -0.4 is 14.8 Å². The number of carbonyl (C=O) groups is 1. The first-order chi connectivity index (χ1) is 16.7. The fourth-order valence-electron chi connectivity index (χ4n) is 3.18. The second-order valence-electron chi connectivity index (χ2n) is 7.99. The molecule has 0 aliphatic rings. The number of sulfonamides is 1. The van der Waals surface area contributed by atoms with Gasteiger partial charge in [0.2, 0.25) is 15.9 Å². The second-order valence-corrected chi connectivity index (χ2v) is 9.74. The van der Waals surface area contributed by atoms with Crippen molar-refractivity contribution in [3.05, 3.63) is 64.7 Å². The lowest BCUT2D eigenvalue weighted by molar-refractivity contribution is -0.137. The molecule has 2 aromatic carbocycles. The van der Waals surface area contributed by atoms with Crippen LogP contribution >= 0.6 is 0 Å². The van der Waals surface area contributed by atoms with Crippen molar-refractivity contribution >= 4 is 27.7 Å². The molecule has 2 rings (SSSR count). The fraction of sp³-hybridized carbons (Fsp3) is 0.375. The number of carbonyl (C=O) groups excluding carboxylic acids is 1. The van der Waals surface area contributed by atoms with E-state index in [1.807, 2.05) is 6.92 Å². The Balaban J connectivity index is 2.23. The summed E-state index contributed by atoms with van der Waals surface area (Å²) < 4.78 is 97.8. The van der Waals surface area contributed by atoms with Gasteiger partial charge in [-0.1, -0.05) is 26.3 Å². The second kappa shape index (κ2) is 12.2. The number of halogens is 5. The first kappa shape index (κ1) is 29.1. The molecule has 1 atom stereocenters. The molecule has 0 aromatic heterocycles. The summed E-state index contributed by atoms with van der Waals surface area (Å²) in [5.74, 6) is -3.01. The zero-order valence-electron chi connectivity index (χ0n) is 19.9. The van der Waals surface area contributed by atoms with Crippen LogP contribution in [0, 0.1) is 11.6 Å². The highest BCUT2D eigenvalue weighted by Crippen LogP contribution is 2.34. The molecule has 198 valence electrons. The molecular formula is C24H27F5N2O4S. The van der Waals surface area contributed by atoms with E-state index in [0.29, 0.717) is 6.42 Å². The van der Waals surface area contributed by atoms with Crippen LogP contribution in [0.1, 0.15) is 55.8 Å². The molecule has 0 aliphatic heterocycles. The van der Waals surface area contributed by atoms with Crippen LogP contribution in [-0.4, -0.2) is 27.2 Å². The van der Waals surface area contributed by atoms with Gasteiger partial charge < -0.3 is 10.1 Å². The van der Waals surface area contributed by atoms with E-state index in [-0.39, 0.29) is 29.9 Å². The number of rotatable bonds is 11. The Hall–Kier alpha value is -3.15. The Kier molecular flexibility index (Phi) is 9.85. The molecule has 1 unspecified atom stereocenters. The topological polar surface area (TPSA) is 84.5 Å². The monoisotopic (exact) mass is 534 g/mol. The number of ether oxygens (including phenoxy) is 1. The zero-order valence-corrected chi connectivity index (χ0v) is 20.7. The van der Waals surface area contributed by atoms with Gasteiger partial charge in [-0.15, -0.1) is 0 Å². The van der Waals surface area contributed by atoms with Gasteiger partial charge in [-0.3, -0.25) is 9.52 Å². The molecule has 1 amide bonds. The molecule has 0 saturated heterocycles. The van der Waals surface area contributed by atoms with Crippen LogP contribution in [0.5, 0.6) is 5.75 Å². The minimum Gasteiger partial charge on any atom is -0.493 e. The van der Waals surface area contributed by atoms with Crippen LogP contribution in [-0.2, 0) is 21.0 Å². The van der Waals surface area contributed by atoms with Gasteiger partial charge >= 0.3 is 6.18 Å². The zero-order chi connectivity index (χ0) is 27.1. The Morgan fingerprint density at radius 2 is 1.75 bits per heavy atom. The molecule has 2 aromatic rings. The summed E-state index contributed by atoms with van der Waals surface area (Å²) in [6.45, 7) is 3.75. The summed E-state index contributed by atoms with van der Waals surface area (Å²) in [4.78, 5) is 12.5. The number of benzene rings is 2. The summed E-state index contributed by atoms with van der Waals surface area (Å²) in [5.41, 5.74) is -1.42. The molecule has 0 saturated carbocycles. The van der Waals surface area contributed by atoms with Crippen LogP contribution in [0.2, 0.25) is 0 Å². The minimum absolute atomic E-state index is 0.0347. The van der Waals surface area contributed by atoms with Gasteiger partial charge in [-0.2, -0.15) is 13.2 Å². The first-order valence-electron chi connectivity index (χ1n) is 11.0. The molecule has 12 heteroatoms. The number of unbranched alkanes of at least 4 members (excludes halogenated alkanes) is 1. The molecule has 0 fully saturated rings. The lowest BCUT2D eigenvalue weighted by Crippen LogP contribution is -2.26. The van der Waals surface area contributed by atoms with Crippen molar-refractivity contribution in [1.29, 1.82) is 0 Å². The third-order valence-corrected chi connectivity index (χ3v) is 5.56. The normalized spacial score (nSPS) is 13.0. The van der Waals surface area contributed by atoms with Crippen molar-refractivity contribution in [2.75, 3.05) is 17.6 Å². The lowest BCUT2D eigenvalue weighted by Gasteiger charge is -2.18. The van der Waals surface area contributed by atoms with Gasteiger partial charge in [0.25, 0.3) is 0 Å². The number of hydrogen-bond acceptors (Lipinski definition) is 4. The van der Waals surface area contributed by atoms with E-state index in [1.165, 1.54) is 12.1 Å². The summed E-state index contributed by atoms with van der Waals surface area (Å²) >= 11 is 0. The largest absolute Gasteiger partial charge is 0.493 e. The van der Waals surface area contributed by atoms with E-state index in [1.54, 1.807) is 11.6 Å². The van der Waals surface area contributed by atoms with Crippen molar-refractivity contribution in [2.24, 2.45) is 0 Å². The van der Waals surface area contributed by atoms with Crippen molar-refractivity contribution in [2.45, 2.75) is 45.3 Å². The SMILES string of the molecule is CCCCOc1cc(C(F)(F)F)ccc1C=CC(=O)NC(CC)c1cc(F)c(NS(C)(=O)=O)c(F)c1. The number of amides is 1. The predicted octanol–water partition coefficient (Wildman–Crippen LogP) is 5.81. The summed E-state index contributed by atoms with van der Waals surface area (Å²) in [6, 6.07) is 3.90. The Labute approximate surface area is 206 Å². The van der Waals surface area contributed by atoms with E-state index in [2.05, 4.69) is 5.32 Å². The molecular weight excluding hydrogens is 507 g/mol. The van der Waals surface area contributed by atoms with Gasteiger partial charge in [0.1, 0.15) is 11.4 Å². The van der Waals surface area contributed by atoms with E-state index >= 15 is 0 Å². The average molecular weight is 535 g/mol. The minimum atomic E-state index is -4.56. The predicted molar refractivity (Wildman–Crippen MR) is 127 cm³/mol. The molecule has 0 aliphatic carbocycles. The Bertz CT molecular complexity index is 1190. The van der Waals surface area contributed by atoms with Crippen molar-refractivity contribution in [3.8, 4) is 5.75 Å². The number of alkyl halides is 3. The molecule has 2 N–H and O–H groups in total. The Morgan fingerprint density at radius 3 is 2.28 bits per heavy atom. The van der Waals surface area contributed by atoms with Crippen LogP contribution in [0.4, 0.5) is 27.6 Å². The number of hydrogen-bond donors (Lipinski definition) is 2. The molecule has 0 radical (unpaired) electrons. The maximum atomic E-state index is 14.3. The molecule has 36 heavy (non-hydrogen) atoms. The molecule has 0 spiro atoms. The first-order valence-corrected chi connectivity index (χ1v) is 12.9. The van der Waals surface area contributed by atoms with Crippen LogP contribution in [0.15, 0.2) is 36.4 Å². The van der Waals surface area contributed by atoms with Crippen molar-refractivity contribution in [1.82, 2.24) is 5.32 Å². The lowest BCUT2D eigenvalue weighted by atomic mass is 10.0. The number of nitrogens with one attached hydrogen (secondary N) is 2. The van der Waals surface area contributed by atoms with Gasteiger partial charge in [0.15, 0.2) is 11.6 Å². The summed E-state index contributed by atoms with van der Waals surface area (Å²) in [7, 11) is -3.92. The molecule has 6 nitrogen and oxygen atoms in total. The molecule has 0 heterocycles. The molecule has 0 bridgehead atoms. The van der Waals surface area contributed by atoms with Crippen LogP contribution in [0.3, 0.4) is 0 Å². The number of anilines is 1. The summed E-state index contributed by atoms with van der Waals surface area (Å²) in [5, 5.41) is 2.56. The van der Waals surface area contributed by atoms with Crippen molar-refractivity contribution in [3.63, 3.8) is 0 Å². The van der Waals surface area contributed by atoms with E-state index < -0.39 is 51.0 Å². The standard InChI is InChI=1S/C24H27F5N2O4S/c1-4-6-11-35-21-14-17(24(27,28)29)9-7-15(21)8-10-22(32)30-20(5-2)16-12-18(25)23(19(26)13-16)31-36(3,33)34/h7-10,12-14,20,31H,4-6,11H2,1-3H3,(H,30,32). The Morgan fingerprint density at radius 1 is 1.11 bits per heavy atom. The maximum Gasteiger partial charge on any atom is 0.416 e. The van der Waals surface area contributed by atoms with Gasteiger partial charge in [-0.05, 0) is 48.7 Å². The third kappa shape index (κ3) is 8.51. The van der Waals surface area contributed by atoms with Crippen LogP contribution in [0.25, 0.3) is 6.08 Å². The highest BCUT2D eigenvalue weighted by molar-refractivity contribution is 7.92. The smallest absolute Gasteiger partial charge is 0.416 e. The highest BCUT2D eigenvalue weighted by Gasteiger charge is 2.31. The van der Waals surface area contributed by atoms with Gasteiger partial charge in [0, 0.05) is 11.6 Å². The van der Waals surface area contributed by atoms with Crippen molar-refractivity contribution < 1.29 is 39.9 Å². The maximum absolute atomic E-state index is 14.3. The summed E-state index contributed by atoms with van der Waals surface area (Å²) in [6.07, 6.45) is 0.185. The highest BCUT2D eigenvalue weighted by atomic mass is 32.2. The third-order valence-electron chi connectivity index (χ3n) is 4.99. The fourth-order valence-corrected chi connectivity index (χ4v) is 3.75. The quantitative estimate of drug-likeness (QED) is 0.216. The average Bonchev–Trinajstić information content (AvgIpc) is 2.77. The van der Waals surface area contributed by atoms with Gasteiger partial charge in [0.05, 0.1) is 24.5 Å². The van der Waals surface area contributed by atoms with E-state index in [4.69, 9.17) is 4.74 Å². The van der Waals surface area contributed by atoms with E-state index in [9.17, 15) is 35.2 Å².